The van der Waals surface area contributed by atoms with E-state index in [1.54, 1.807) is 0 Å². The van der Waals surface area contributed by atoms with Crippen LogP contribution in [0.1, 0.15) is 0 Å². The summed E-state index contributed by atoms with van der Waals surface area (Å²) in [6.45, 7) is 0. The molecular weight excluding hydrogens is 655 g/mol. The van der Waals surface area contributed by atoms with E-state index in [1.807, 2.05) is 0 Å². The third-order valence-corrected chi connectivity index (χ3v) is 0. The van der Waals surface area contributed by atoms with Crippen LogP contribution in [-0.2, 0) is 5.48 Å². The van der Waals surface area contributed by atoms with Crippen molar-refractivity contribution in [1.82, 2.24) is 0 Å². The van der Waals surface area contributed by atoms with Gasteiger partial charge in [-0.3, -0.25) is 0 Å². The van der Waals surface area contributed by atoms with Crippen molar-refractivity contribution < 1.29 is 106 Å². The first-order valence-corrected chi connectivity index (χ1v) is 0. The minimum Gasteiger partial charge on any atom is -2.00 e. The average Bonchev–Trinajstić information content (AvgIpc) is 0. The zero-order chi connectivity index (χ0) is 0. The predicted octanol–water partition coefficient (Wildman–Crippen LogP) is -0.119. The smallest absolute Gasteiger partial charge is 2.00 e. The molecular formula is GdOPuU+. The molecule has 0 amide bonds. The van der Waals surface area contributed by atoms with Gasteiger partial charge in [0.05, 0.1) is 0 Å². The van der Waals surface area contributed by atoms with Crippen molar-refractivity contribution >= 4 is 0 Å². The van der Waals surface area contributed by atoms with Gasteiger partial charge in [0.2, 0.25) is 0 Å². The Kier molecular flexibility index (Phi) is 108. The molecule has 0 rings (SSSR count). The van der Waals surface area contributed by atoms with Crippen LogP contribution >= 0.6 is 0 Å². The first kappa shape index (κ1) is 26.5. The minimum atomic E-state index is 0. The van der Waals surface area contributed by atoms with Gasteiger partial charge in [-0.25, -0.2) is 0 Å². The summed E-state index contributed by atoms with van der Waals surface area (Å²) in [7, 11) is 0. The summed E-state index contributed by atoms with van der Waals surface area (Å²) in [4.78, 5) is 0. The molecule has 1 radical (unpaired) electrons. The van der Waals surface area contributed by atoms with Crippen LogP contribution in [0, 0.1) is 100 Å². The van der Waals surface area contributed by atoms with E-state index in [0.29, 0.717) is 0 Å². The van der Waals surface area contributed by atoms with E-state index in [1.165, 1.54) is 0 Å². The van der Waals surface area contributed by atoms with Gasteiger partial charge in [0.15, 0.2) is 0 Å². The second-order valence-electron chi connectivity index (χ2n) is 0. The molecule has 1 nitrogen and oxygen atoms in total. The molecule has 0 saturated carbocycles. The van der Waals surface area contributed by atoms with Crippen molar-refractivity contribution in [2.75, 3.05) is 0 Å². The summed E-state index contributed by atoms with van der Waals surface area (Å²) >= 11 is 0. The molecule has 0 fully saturated rings. The normalized spacial score (nSPS) is 0. The van der Waals surface area contributed by atoms with Gasteiger partial charge in [0.1, 0.15) is 0 Å². The minimum absolute atomic E-state index is 0. The largest absolute Gasteiger partial charge is 3.00 e. The Morgan fingerprint density at radius 2 is 1.00 bits per heavy atom. The maximum absolute atomic E-state index is 0. The monoisotopic (exact) mass is 650 g/mol. The predicted molar refractivity (Wildman–Crippen MR) is 0.686 cm³/mol. The van der Waals surface area contributed by atoms with Crippen molar-refractivity contribution in [3.05, 3.63) is 0 Å². The van der Waals surface area contributed by atoms with E-state index in [9.17, 15) is 0 Å². The molecule has 0 aliphatic carbocycles. The summed E-state index contributed by atoms with van der Waals surface area (Å²) in [5.41, 5.74) is 0. The van der Waals surface area contributed by atoms with Crippen molar-refractivity contribution in [1.29, 1.82) is 0 Å². The summed E-state index contributed by atoms with van der Waals surface area (Å²) in [6.07, 6.45) is 0. The van der Waals surface area contributed by atoms with E-state index in [0.717, 1.165) is 0 Å². The summed E-state index contributed by atoms with van der Waals surface area (Å²) in [6, 6.07) is 0. The summed E-state index contributed by atoms with van der Waals surface area (Å²) < 4.78 is 0. The molecule has 0 heterocycles. The number of hydrogen-bond acceptors (Lipinski definition) is 0. The van der Waals surface area contributed by atoms with Crippen molar-refractivity contribution in [3.8, 4) is 0 Å². The molecule has 0 bridgehead atoms. The Hall–Kier alpha value is 3.32. The van der Waals surface area contributed by atoms with Gasteiger partial charge in [-0.1, -0.05) is 0 Å². The third-order valence-electron chi connectivity index (χ3n) is 0. The van der Waals surface area contributed by atoms with Crippen molar-refractivity contribution in [3.63, 3.8) is 0 Å². The van der Waals surface area contributed by atoms with Crippen LogP contribution in [0.4, 0.5) is 0 Å². The van der Waals surface area contributed by atoms with Crippen LogP contribution in [0.2, 0.25) is 0 Å². The topological polar surface area (TPSA) is 28.5 Å². The number of rotatable bonds is 0. The second kappa shape index (κ2) is 16.2. The zero-order valence-corrected chi connectivity index (χ0v) is 11.5. The molecule has 0 spiro atoms. The van der Waals surface area contributed by atoms with Crippen LogP contribution in [0.5, 0.6) is 0 Å². The van der Waals surface area contributed by atoms with Crippen LogP contribution < -0.4 is 0 Å². The Bertz CT molecular complexity index is 8.00. The van der Waals surface area contributed by atoms with Gasteiger partial charge in [-0.15, -0.1) is 0 Å². The Balaban J connectivity index is 0. The molecule has 0 atom stereocenters. The molecule has 0 saturated heterocycles. The van der Waals surface area contributed by atoms with Crippen LogP contribution in [0.15, 0.2) is 0 Å². The fraction of sp³-hybridized carbons (Fsp3) is 0. The fourth-order valence-corrected chi connectivity index (χ4v) is 0. The zero-order valence-electron chi connectivity index (χ0n) is 1.67. The molecule has 0 aliphatic rings. The van der Waals surface area contributed by atoms with Gasteiger partial charge < -0.3 is 5.48 Å². The summed E-state index contributed by atoms with van der Waals surface area (Å²) in [5, 5.41) is 0. The van der Waals surface area contributed by atoms with E-state index in [4.69, 9.17) is 0 Å². The van der Waals surface area contributed by atoms with Gasteiger partial charge in [-0.05, 0) is 0 Å². The number of hydrogen-bond donors (Lipinski definition) is 0. The Morgan fingerprint density at radius 3 is 1.00 bits per heavy atom. The van der Waals surface area contributed by atoms with Gasteiger partial charge in [-0.2, -0.15) is 0 Å². The van der Waals surface area contributed by atoms with Gasteiger partial charge in [0.25, 0.3) is 0 Å². The maximum atomic E-state index is 0. The van der Waals surface area contributed by atoms with Crippen molar-refractivity contribution in [2.45, 2.75) is 0 Å². The first-order valence-electron chi connectivity index (χ1n) is 0. The Morgan fingerprint density at radius 1 is 1.00 bits per heavy atom. The molecule has 0 aromatic rings. The molecule has 4 heteroatoms. The molecule has 0 N–H and O–H groups in total. The molecule has 0 aliphatic heterocycles. The molecule has 0 aromatic heterocycles. The molecule has 0 unspecified atom stereocenters. The average molecular weight is 655 g/mol. The van der Waals surface area contributed by atoms with Gasteiger partial charge >= 0.3 is 39.9 Å². The molecule has 0 aromatic carbocycles. The van der Waals surface area contributed by atoms with E-state index >= 15 is 0 Å². The van der Waals surface area contributed by atoms with E-state index in [-0.39, 0.29) is 106 Å². The van der Waals surface area contributed by atoms with Crippen LogP contribution in [0.25, 0.3) is 0 Å². The second-order valence-corrected chi connectivity index (χ2v) is 0. The van der Waals surface area contributed by atoms with Crippen molar-refractivity contribution in [2.24, 2.45) is 0 Å². The SMILES string of the molecule is [Gd+3].[O-2].[Pu].[U]. The summed E-state index contributed by atoms with van der Waals surface area (Å²) in [5.74, 6) is 0. The van der Waals surface area contributed by atoms with Crippen LogP contribution in [-0.4, -0.2) is 0 Å². The molecule has 4 heavy (non-hydrogen) atoms. The fourth-order valence-electron chi connectivity index (χ4n) is 0. The van der Waals surface area contributed by atoms with E-state index < -0.39 is 0 Å². The quantitative estimate of drug-likeness (QED) is 0.349. The maximum Gasteiger partial charge on any atom is 3.00 e. The third kappa shape index (κ3) is 9.01. The Labute approximate surface area is 103 Å². The standard InChI is InChI=1S/Gd.O.Pu.U/q+3;-2;;. The first-order chi connectivity index (χ1) is 0. The van der Waals surface area contributed by atoms with E-state index in [2.05, 4.69) is 0 Å². The van der Waals surface area contributed by atoms with Crippen LogP contribution in [0.3, 0.4) is 0 Å². The van der Waals surface area contributed by atoms with Gasteiger partial charge in [0, 0.05) is 60.3 Å². The molecule has 23 valence electrons.